The van der Waals surface area contributed by atoms with Gasteiger partial charge in [-0.15, -0.1) is 0 Å². The number of hydrogen-bond donors (Lipinski definition) is 2. The molecule has 2 aliphatic rings. The maximum Gasteiger partial charge on any atom is 0.243 e. The minimum absolute atomic E-state index is 0.00437. The van der Waals surface area contributed by atoms with Crippen molar-refractivity contribution in [3.8, 4) is 0 Å². The molecule has 0 bridgehead atoms. The number of carbonyl (C=O) groups is 1. The SMILES string of the molecule is O=C(NCc1ccc(S(=O)(=O)N2CCOCC2)cc1)C1CCCCN1. The predicted molar refractivity (Wildman–Crippen MR) is 93.5 cm³/mol. The van der Waals surface area contributed by atoms with Crippen LogP contribution in [0.15, 0.2) is 29.2 Å². The summed E-state index contributed by atoms with van der Waals surface area (Å²) in [4.78, 5) is 12.4. The van der Waals surface area contributed by atoms with Crippen LogP contribution in [0.3, 0.4) is 0 Å². The molecule has 1 amide bonds. The van der Waals surface area contributed by atoms with Crippen LogP contribution in [0.5, 0.6) is 0 Å². The number of amides is 1. The molecule has 2 saturated heterocycles. The van der Waals surface area contributed by atoms with Crippen molar-refractivity contribution in [2.24, 2.45) is 0 Å². The smallest absolute Gasteiger partial charge is 0.243 e. The fourth-order valence-corrected chi connectivity index (χ4v) is 4.51. The van der Waals surface area contributed by atoms with Crippen molar-refractivity contribution in [1.29, 1.82) is 0 Å². The molecule has 0 aromatic heterocycles. The van der Waals surface area contributed by atoms with Gasteiger partial charge in [0.25, 0.3) is 0 Å². The Bertz CT molecular complexity index is 678. The average Bonchev–Trinajstić information content (AvgIpc) is 2.68. The molecule has 7 nitrogen and oxygen atoms in total. The van der Waals surface area contributed by atoms with Gasteiger partial charge in [0.1, 0.15) is 0 Å². The van der Waals surface area contributed by atoms with E-state index in [0.717, 1.165) is 31.4 Å². The van der Waals surface area contributed by atoms with Gasteiger partial charge in [-0.2, -0.15) is 4.31 Å². The van der Waals surface area contributed by atoms with Crippen LogP contribution in [0.2, 0.25) is 0 Å². The number of nitrogens with one attached hydrogen (secondary N) is 2. The first-order valence-electron chi connectivity index (χ1n) is 8.75. The van der Waals surface area contributed by atoms with Crippen molar-refractivity contribution in [1.82, 2.24) is 14.9 Å². The molecule has 2 N–H and O–H groups in total. The molecule has 0 spiro atoms. The van der Waals surface area contributed by atoms with E-state index in [1.165, 1.54) is 4.31 Å². The van der Waals surface area contributed by atoms with E-state index < -0.39 is 10.0 Å². The molecule has 2 heterocycles. The van der Waals surface area contributed by atoms with Crippen molar-refractivity contribution in [3.63, 3.8) is 0 Å². The van der Waals surface area contributed by atoms with Crippen LogP contribution in [0.4, 0.5) is 0 Å². The molecule has 3 rings (SSSR count). The summed E-state index contributed by atoms with van der Waals surface area (Å²) >= 11 is 0. The number of morpholine rings is 1. The van der Waals surface area contributed by atoms with E-state index in [-0.39, 0.29) is 16.8 Å². The number of rotatable bonds is 5. The zero-order chi connectivity index (χ0) is 17.7. The molecule has 0 radical (unpaired) electrons. The van der Waals surface area contributed by atoms with Crippen LogP contribution in [-0.4, -0.2) is 57.5 Å². The summed E-state index contributed by atoms with van der Waals surface area (Å²) in [6.45, 7) is 2.90. The summed E-state index contributed by atoms with van der Waals surface area (Å²) in [6.07, 6.45) is 3.05. The first kappa shape index (κ1) is 18.3. The van der Waals surface area contributed by atoms with Gasteiger partial charge >= 0.3 is 0 Å². The lowest BCUT2D eigenvalue weighted by atomic mass is 10.0. The van der Waals surface area contributed by atoms with Gasteiger partial charge in [0.15, 0.2) is 0 Å². The summed E-state index contributed by atoms with van der Waals surface area (Å²) in [5.74, 6) is 0.00437. The van der Waals surface area contributed by atoms with Gasteiger partial charge in [0.05, 0.1) is 24.2 Å². The fourth-order valence-electron chi connectivity index (χ4n) is 3.10. The Morgan fingerprint density at radius 2 is 1.92 bits per heavy atom. The summed E-state index contributed by atoms with van der Waals surface area (Å²) in [6, 6.07) is 6.59. The van der Waals surface area contributed by atoms with E-state index in [9.17, 15) is 13.2 Å². The first-order valence-corrected chi connectivity index (χ1v) is 10.2. The zero-order valence-corrected chi connectivity index (χ0v) is 15.1. The Hall–Kier alpha value is -1.48. The first-order chi connectivity index (χ1) is 12.1. The number of sulfonamides is 1. The third-order valence-electron chi connectivity index (χ3n) is 4.62. The Morgan fingerprint density at radius 3 is 2.56 bits per heavy atom. The molecule has 1 unspecified atom stereocenters. The molecule has 25 heavy (non-hydrogen) atoms. The molecule has 1 atom stereocenters. The van der Waals surface area contributed by atoms with Gasteiger partial charge in [-0.05, 0) is 37.1 Å². The molecule has 0 aliphatic carbocycles. The van der Waals surface area contributed by atoms with Crippen LogP contribution >= 0.6 is 0 Å². The Labute approximate surface area is 148 Å². The van der Waals surface area contributed by atoms with E-state index in [1.54, 1.807) is 24.3 Å². The number of benzene rings is 1. The molecule has 1 aromatic rings. The highest BCUT2D eigenvalue weighted by atomic mass is 32.2. The molecule has 138 valence electrons. The Morgan fingerprint density at radius 1 is 1.20 bits per heavy atom. The number of hydrogen-bond acceptors (Lipinski definition) is 5. The Balaban J connectivity index is 1.57. The van der Waals surface area contributed by atoms with E-state index in [0.29, 0.717) is 32.8 Å². The maximum absolute atomic E-state index is 12.6. The molecule has 2 fully saturated rings. The van der Waals surface area contributed by atoms with Crippen LogP contribution in [-0.2, 0) is 26.1 Å². The van der Waals surface area contributed by atoms with Crippen LogP contribution in [0, 0.1) is 0 Å². The van der Waals surface area contributed by atoms with E-state index >= 15 is 0 Å². The predicted octanol–water partition coefficient (Wildman–Crippen LogP) is 0.466. The normalized spacial score (nSPS) is 22.5. The van der Waals surface area contributed by atoms with E-state index in [1.807, 2.05) is 0 Å². The summed E-state index contributed by atoms with van der Waals surface area (Å²) in [7, 11) is -3.47. The molecule has 1 aromatic carbocycles. The van der Waals surface area contributed by atoms with Gasteiger partial charge in [-0.25, -0.2) is 8.42 Å². The monoisotopic (exact) mass is 367 g/mol. The molecular weight excluding hydrogens is 342 g/mol. The van der Waals surface area contributed by atoms with Crippen LogP contribution in [0.1, 0.15) is 24.8 Å². The molecule has 2 aliphatic heterocycles. The van der Waals surface area contributed by atoms with Crippen molar-refractivity contribution >= 4 is 15.9 Å². The lowest BCUT2D eigenvalue weighted by Crippen LogP contribution is -2.46. The van der Waals surface area contributed by atoms with Crippen molar-refractivity contribution in [2.45, 2.75) is 36.7 Å². The minimum Gasteiger partial charge on any atom is -0.379 e. The van der Waals surface area contributed by atoms with Crippen molar-refractivity contribution in [2.75, 3.05) is 32.8 Å². The topological polar surface area (TPSA) is 87.7 Å². The largest absolute Gasteiger partial charge is 0.379 e. The second kappa shape index (κ2) is 8.27. The van der Waals surface area contributed by atoms with Crippen molar-refractivity contribution < 1.29 is 17.9 Å². The fraction of sp³-hybridized carbons (Fsp3) is 0.588. The number of nitrogens with zero attached hydrogens (tertiary/aromatic N) is 1. The van der Waals surface area contributed by atoms with Gasteiger partial charge in [-0.1, -0.05) is 18.6 Å². The number of carbonyl (C=O) groups excluding carboxylic acids is 1. The summed E-state index contributed by atoms with van der Waals surface area (Å²) in [5, 5.41) is 6.13. The third kappa shape index (κ3) is 4.58. The average molecular weight is 367 g/mol. The summed E-state index contributed by atoms with van der Waals surface area (Å²) in [5.41, 5.74) is 0.880. The van der Waals surface area contributed by atoms with Gasteiger partial charge < -0.3 is 15.4 Å². The molecule has 0 saturated carbocycles. The van der Waals surface area contributed by atoms with Gasteiger partial charge in [0, 0.05) is 19.6 Å². The zero-order valence-electron chi connectivity index (χ0n) is 14.2. The lowest BCUT2D eigenvalue weighted by Gasteiger charge is -2.26. The third-order valence-corrected chi connectivity index (χ3v) is 6.54. The quantitative estimate of drug-likeness (QED) is 0.790. The van der Waals surface area contributed by atoms with Crippen LogP contribution in [0.25, 0.3) is 0 Å². The highest BCUT2D eigenvalue weighted by Crippen LogP contribution is 2.17. The summed E-state index contributed by atoms with van der Waals surface area (Å²) < 4.78 is 31.8. The molecular formula is C17H25N3O4S. The number of piperidine rings is 1. The van der Waals surface area contributed by atoms with E-state index in [2.05, 4.69) is 10.6 Å². The van der Waals surface area contributed by atoms with Gasteiger partial charge in [0.2, 0.25) is 15.9 Å². The maximum atomic E-state index is 12.6. The van der Waals surface area contributed by atoms with Crippen molar-refractivity contribution in [3.05, 3.63) is 29.8 Å². The number of ether oxygens (including phenoxy) is 1. The molecule has 8 heteroatoms. The highest BCUT2D eigenvalue weighted by molar-refractivity contribution is 7.89. The van der Waals surface area contributed by atoms with E-state index in [4.69, 9.17) is 4.74 Å². The lowest BCUT2D eigenvalue weighted by molar-refractivity contribution is -0.123. The second-order valence-corrected chi connectivity index (χ2v) is 8.32. The second-order valence-electron chi connectivity index (χ2n) is 6.38. The van der Waals surface area contributed by atoms with Gasteiger partial charge in [-0.3, -0.25) is 4.79 Å². The Kier molecular flexibility index (Phi) is 6.06. The minimum atomic E-state index is -3.47. The van der Waals surface area contributed by atoms with Crippen LogP contribution < -0.4 is 10.6 Å². The standard InChI is InChI=1S/C17H25N3O4S/c21-17(16-3-1-2-8-18-16)19-13-14-4-6-15(7-5-14)25(22,23)20-9-11-24-12-10-20/h4-7,16,18H,1-3,8-13H2,(H,19,21). The highest BCUT2D eigenvalue weighted by Gasteiger charge is 2.26.